The molecule has 0 aliphatic heterocycles. The van der Waals surface area contributed by atoms with Gasteiger partial charge < -0.3 is 11.5 Å². The Balaban J connectivity index is 3.65. The summed E-state index contributed by atoms with van der Waals surface area (Å²) in [6.07, 6.45) is 3.57. The number of carbonyl (C=O) groups is 1. The molecule has 0 aliphatic rings. The molecule has 5 heteroatoms. The van der Waals surface area contributed by atoms with E-state index in [9.17, 15) is 4.79 Å². The third-order valence-electron chi connectivity index (χ3n) is 2.01. The molecule has 96 valence electrons. The molecule has 0 spiro atoms. The zero-order valence-corrected chi connectivity index (χ0v) is 10.6. The molecule has 0 saturated heterocycles. The normalized spacial score (nSPS) is 13.6. The van der Waals surface area contributed by atoms with Crippen LogP contribution in [0.4, 0.5) is 0 Å². The Labute approximate surface area is 97.8 Å². The van der Waals surface area contributed by atoms with Crippen LogP contribution in [0, 0.1) is 0 Å². The number of nitrogens with two attached hydrogens (primary N) is 2. The minimum Gasteiger partial charge on any atom is -0.330 e. The van der Waals surface area contributed by atoms with Gasteiger partial charge in [-0.25, -0.2) is 5.48 Å². The Kier molecular flexibility index (Phi) is 7.29. The Hall–Kier alpha value is -0.650. The zero-order chi connectivity index (χ0) is 12.6. The molecule has 0 aromatic carbocycles. The van der Waals surface area contributed by atoms with Crippen molar-refractivity contribution in [3.63, 3.8) is 0 Å². The molecular weight excluding hydrogens is 206 g/mol. The molecule has 5 nitrogen and oxygen atoms in total. The number of nitrogens with one attached hydrogen (secondary N) is 1. The van der Waals surface area contributed by atoms with Crippen molar-refractivity contribution in [1.82, 2.24) is 5.48 Å². The van der Waals surface area contributed by atoms with Gasteiger partial charge in [-0.1, -0.05) is 12.8 Å². The summed E-state index contributed by atoms with van der Waals surface area (Å²) in [5.41, 5.74) is 13.1. The van der Waals surface area contributed by atoms with Gasteiger partial charge in [0.05, 0.1) is 11.6 Å². The van der Waals surface area contributed by atoms with Crippen molar-refractivity contribution in [2.75, 3.05) is 6.54 Å². The van der Waals surface area contributed by atoms with Gasteiger partial charge in [0.25, 0.3) is 5.91 Å². The molecule has 5 N–H and O–H groups in total. The summed E-state index contributed by atoms with van der Waals surface area (Å²) in [6, 6.07) is -0.500. The van der Waals surface area contributed by atoms with Crippen molar-refractivity contribution < 1.29 is 9.63 Å². The summed E-state index contributed by atoms with van der Waals surface area (Å²) in [7, 11) is 0. The summed E-state index contributed by atoms with van der Waals surface area (Å²) in [4.78, 5) is 16.6. The van der Waals surface area contributed by atoms with Crippen molar-refractivity contribution in [3.05, 3.63) is 0 Å². The molecule has 0 aromatic rings. The molecule has 0 bridgehead atoms. The fraction of sp³-hybridized carbons (Fsp3) is 0.909. The van der Waals surface area contributed by atoms with E-state index in [1.165, 1.54) is 0 Å². The van der Waals surface area contributed by atoms with Crippen LogP contribution < -0.4 is 16.9 Å². The SMILES string of the molecule is CC(C)(C)ONC(=O)C(N)CCCCCN. The average molecular weight is 231 g/mol. The van der Waals surface area contributed by atoms with Crippen molar-refractivity contribution in [1.29, 1.82) is 0 Å². The maximum Gasteiger partial charge on any atom is 0.260 e. The maximum absolute atomic E-state index is 11.5. The van der Waals surface area contributed by atoms with Crippen molar-refractivity contribution in [3.8, 4) is 0 Å². The number of hydroxylamine groups is 1. The van der Waals surface area contributed by atoms with Crippen LogP contribution in [0.1, 0.15) is 46.5 Å². The molecule has 1 unspecified atom stereocenters. The van der Waals surface area contributed by atoms with Gasteiger partial charge in [-0.2, -0.15) is 0 Å². The Morgan fingerprint density at radius 2 is 1.94 bits per heavy atom. The molecule has 0 radical (unpaired) electrons. The highest BCUT2D eigenvalue weighted by atomic mass is 16.7. The van der Waals surface area contributed by atoms with Crippen LogP contribution in [0.25, 0.3) is 0 Å². The van der Waals surface area contributed by atoms with E-state index in [1.54, 1.807) is 0 Å². The number of hydrogen-bond acceptors (Lipinski definition) is 4. The smallest absolute Gasteiger partial charge is 0.260 e. The first kappa shape index (κ1) is 15.3. The molecular formula is C11H25N3O2. The van der Waals surface area contributed by atoms with Gasteiger partial charge >= 0.3 is 0 Å². The van der Waals surface area contributed by atoms with Gasteiger partial charge in [0, 0.05) is 0 Å². The molecule has 0 aromatic heterocycles. The minimum absolute atomic E-state index is 0.261. The quantitative estimate of drug-likeness (QED) is 0.444. The molecule has 0 saturated carbocycles. The topological polar surface area (TPSA) is 90.4 Å². The second-order valence-corrected chi connectivity index (χ2v) is 4.93. The summed E-state index contributed by atoms with van der Waals surface area (Å²) in [5.74, 6) is -0.261. The van der Waals surface area contributed by atoms with Gasteiger partial charge in [0.15, 0.2) is 0 Å². The number of amides is 1. The number of rotatable bonds is 7. The minimum atomic E-state index is -0.500. The van der Waals surface area contributed by atoms with Crippen molar-refractivity contribution in [2.24, 2.45) is 11.5 Å². The predicted molar refractivity (Wildman–Crippen MR) is 64.5 cm³/mol. The standard InChI is InChI=1S/C11H25N3O2/c1-11(2,3)16-14-10(15)9(13)7-5-4-6-8-12/h9H,4-8,12-13H2,1-3H3,(H,14,15). The fourth-order valence-electron chi connectivity index (χ4n) is 1.10. The highest BCUT2D eigenvalue weighted by Gasteiger charge is 2.17. The van der Waals surface area contributed by atoms with Crippen LogP contribution in [0.15, 0.2) is 0 Å². The monoisotopic (exact) mass is 231 g/mol. The maximum atomic E-state index is 11.5. The van der Waals surface area contributed by atoms with Crippen LogP contribution in [0.3, 0.4) is 0 Å². The van der Waals surface area contributed by atoms with E-state index in [4.69, 9.17) is 16.3 Å². The summed E-state index contributed by atoms with van der Waals surface area (Å²) in [6.45, 7) is 6.27. The number of carbonyl (C=O) groups excluding carboxylic acids is 1. The lowest BCUT2D eigenvalue weighted by molar-refractivity contribution is -0.147. The highest BCUT2D eigenvalue weighted by Crippen LogP contribution is 2.05. The Morgan fingerprint density at radius 3 is 2.44 bits per heavy atom. The van der Waals surface area contributed by atoms with Gasteiger partial charge in [-0.15, -0.1) is 0 Å². The Bertz CT molecular complexity index is 202. The lowest BCUT2D eigenvalue weighted by Gasteiger charge is -2.20. The number of unbranched alkanes of at least 4 members (excludes halogenated alkanes) is 2. The van der Waals surface area contributed by atoms with Gasteiger partial charge in [0.2, 0.25) is 0 Å². The van der Waals surface area contributed by atoms with Crippen LogP contribution in [0.5, 0.6) is 0 Å². The van der Waals surface area contributed by atoms with Crippen LogP contribution in [0.2, 0.25) is 0 Å². The molecule has 16 heavy (non-hydrogen) atoms. The zero-order valence-electron chi connectivity index (χ0n) is 10.6. The van der Waals surface area contributed by atoms with Gasteiger partial charge in [-0.3, -0.25) is 9.63 Å². The average Bonchev–Trinajstić information content (AvgIpc) is 2.19. The second-order valence-electron chi connectivity index (χ2n) is 4.93. The largest absolute Gasteiger partial charge is 0.330 e. The number of hydrogen-bond donors (Lipinski definition) is 3. The lowest BCUT2D eigenvalue weighted by atomic mass is 10.1. The third-order valence-corrected chi connectivity index (χ3v) is 2.01. The molecule has 1 amide bonds. The molecule has 1 atom stereocenters. The summed E-state index contributed by atoms with van der Waals surface area (Å²) < 4.78 is 0. The molecule has 0 heterocycles. The first-order valence-electron chi connectivity index (χ1n) is 5.80. The van der Waals surface area contributed by atoms with E-state index in [1.807, 2.05) is 20.8 Å². The molecule has 0 rings (SSSR count). The molecule has 0 fully saturated rings. The first-order valence-corrected chi connectivity index (χ1v) is 5.80. The first-order chi connectivity index (χ1) is 7.37. The van der Waals surface area contributed by atoms with Gasteiger partial charge in [0.1, 0.15) is 0 Å². The summed E-state index contributed by atoms with van der Waals surface area (Å²) in [5, 5.41) is 0. The molecule has 0 aliphatic carbocycles. The van der Waals surface area contributed by atoms with E-state index < -0.39 is 11.6 Å². The summed E-state index contributed by atoms with van der Waals surface area (Å²) >= 11 is 0. The van der Waals surface area contributed by atoms with Crippen LogP contribution in [-0.2, 0) is 9.63 Å². The second kappa shape index (κ2) is 7.60. The fourth-order valence-corrected chi connectivity index (χ4v) is 1.10. The van der Waals surface area contributed by atoms with E-state index in [-0.39, 0.29) is 5.91 Å². The van der Waals surface area contributed by atoms with E-state index in [2.05, 4.69) is 5.48 Å². The predicted octanol–water partition coefficient (Wildman–Crippen LogP) is 0.679. The van der Waals surface area contributed by atoms with E-state index in [0.29, 0.717) is 13.0 Å². The van der Waals surface area contributed by atoms with Crippen LogP contribution in [-0.4, -0.2) is 24.1 Å². The Morgan fingerprint density at radius 1 is 1.31 bits per heavy atom. The lowest BCUT2D eigenvalue weighted by Crippen LogP contribution is -2.43. The highest BCUT2D eigenvalue weighted by molar-refractivity contribution is 5.80. The van der Waals surface area contributed by atoms with Crippen LogP contribution >= 0.6 is 0 Å². The van der Waals surface area contributed by atoms with Crippen molar-refractivity contribution >= 4 is 5.91 Å². The van der Waals surface area contributed by atoms with E-state index in [0.717, 1.165) is 19.3 Å². The van der Waals surface area contributed by atoms with Gasteiger partial charge in [-0.05, 0) is 40.2 Å². The third kappa shape index (κ3) is 8.64. The van der Waals surface area contributed by atoms with Crippen molar-refractivity contribution in [2.45, 2.75) is 58.1 Å². The van der Waals surface area contributed by atoms with E-state index >= 15 is 0 Å².